The van der Waals surface area contributed by atoms with E-state index in [1.165, 1.54) is 12.1 Å². The molecule has 128 valence electrons. The van der Waals surface area contributed by atoms with Crippen LogP contribution in [0.5, 0.6) is 0 Å². The Balaban J connectivity index is 2.04. The summed E-state index contributed by atoms with van der Waals surface area (Å²) in [6.07, 6.45) is -4.35. The van der Waals surface area contributed by atoms with E-state index in [0.29, 0.717) is 17.7 Å². The van der Waals surface area contributed by atoms with E-state index in [4.69, 9.17) is 0 Å². The lowest BCUT2D eigenvalue weighted by atomic mass is 9.96. The lowest BCUT2D eigenvalue weighted by Crippen LogP contribution is -2.22. The first-order chi connectivity index (χ1) is 11.9. The van der Waals surface area contributed by atoms with Gasteiger partial charge in [0, 0.05) is 12.1 Å². The Hall–Kier alpha value is -2.82. The number of halogens is 3. The molecule has 5 heteroatoms. The van der Waals surface area contributed by atoms with Gasteiger partial charge in [0.05, 0.1) is 5.56 Å². The van der Waals surface area contributed by atoms with Crippen molar-refractivity contribution in [2.75, 3.05) is 6.54 Å². The van der Waals surface area contributed by atoms with Crippen molar-refractivity contribution in [3.05, 3.63) is 71.8 Å². The van der Waals surface area contributed by atoms with Crippen LogP contribution in [0.15, 0.2) is 60.7 Å². The number of carbonyl (C=O) groups excluding carboxylic acids is 1. The maximum absolute atomic E-state index is 12.7. The Kier molecular flexibility index (Phi) is 4.49. The Morgan fingerprint density at radius 3 is 2.36 bits per heavy atom. The van der Waals surface area contributed by atoms with Crippen molar-refractivity contribution in [1.82, 2.24) is 5.32 Å². The zero-order valence-corrected chi connectivity index (χ0v) is 13.5. The number of amides is 1. The SMILES string of the molecule is CCNC(=O)c1ccc2c(-c3ccc(C(F)(F)F)cc3)cccc2c1. The van der Waals surface area contributed by atoms with E-state index in [9.17, 15) is 18.0 Å². The Labute approximate surface area is 143 Å². The van der Waals surface area contributed by atoms with Crippen LogP contribution in [0.2, 0.25) is 0 Å². The van der Waals surface area contributed by atoms with Crippen molar-refractivity contribution in [2.45, 2.75) is 13.1 Å². The second-order valence-electron chi connectivity index (χ2n) is 5.68. The van der Waals surface area contributed by atoms with E-state index in [1.54, 1.807) is 12.1 Å². The Bertz CT molecular complexity index is 914. The molecular formula is C20H16F3NO. The number of carbonyl (C=O) groups is 1. The monoisotopic (exact) mass is 343 g/mol. The number of hydrogen-bond donors (Lipinski definition) is 1. The predicted molar refractivity (Wildman–Crippen MR) is 92.4 cm³/mol. The van der Waals surface area contributed by atoms with Crippen molar-refractivity contribution >= 4 is 16.7 Å². The summed E-state index contributed by atoms with van der Waals surface area (Å²) >= 11 is 0. The first kappa shape index (κ1) is 17.0. The molecule has 3 rings (SSSR count). The molecule has 0 aliphatic carbocycles. The summed E-state index contributed by atoms with van der Waals surface area (Å²) in [6.45, 7) is 2.39. The second kappa shape index (κ2) is 6.59. The first-order valence-electron chi connectivity index (χ1n) is 7.89. The van der Waals surface area contributed by atoms with Gasteiger partial charge in [-0.3, -0.25) is 4.79 Å². The largest absolute Gasteiger partial charge is 0.416 e. The highest BCUT2D eigenvalue weighted by Crippen LogP contribution is 2.33. The standard InChI is InChI=1S/C20H16F3NO/c1-2-24-19(25)15-8-11-18-14(12-15)4-3-5-17(18)13-6-9-16(10-7-13)20(21,22)23/h3-12H,2H2,1H3,(H,24,25). The normalized spacial score (nSPS) is 11.5. The maximum Gasteiger partial charge on any atom is 0.416 e. The third-order valence-corrected chi connectivity index (χ3v) is 4.00. The summed E-state index contributed by atoms with van der Waals surface area (Å²) < 4.78 is 38.2. The number of fused-ring (bicyclic) bond motifs is 1. The highest BCUT2D eigenvalue weighted by Gasteiger charge is 2.30. The molecular weight excluding hydrogens is 327 g/mol. The number of alkyl halides is 3. The minimum atomic E-state index is -4.35. The van der Waals surface area contributed by atoms with E-state index in [1.807, 2.05) is 31.2 Å². The van der Waals surface area contributed by atoms with Gasteiger partial charge in [0.1, 0.15) is 0 Å². The van der Waals surface area contributed by atoms with Crippen LogP contribution in [0.4, 0.5) is 13.2 Å². The van der Waals surface area contributed by atoms with Crippen LogP contribution in [0, 0.1) is 0 Å². The van der Waals surface area contributed by atoms with Gasteiger partial charge >= 0.3 is 6.18 Å². The molecule has 0 spiro atoms. The zero-order chi connectivity index (χ0) is 18.0. The summed E-state index contributed by atoms with van der Waals surface area (Å²) in [7, 11) is 0. The second-order valence-corrected chi connectivity index (χ2v) is 5.68. The molecule has 0 saturated carbocycles. The van der Waals surface area contributed by atoms with E-state index in [0.717, 1.165) is 28.5 Å². The molecule has 0 atom stereocenters. The zero-order valence-electron chi connectivity index (χ0n) is 13.5. The molecule has 0 fully saturated rings. The smallest absolute Gasteiger partial charge is 0.352 e. The maximum atomic E-state index is 12.7. The van der Waals surface area contributed by atoms with Gasteiger partial charge in [-0.1, -0.05) is 36.4 Å². The van der Waals surface area contributed by atoms with Crippen molar-refractivity contribution in [3.63, 3.8) is 0 Å². The van der Waals surface area contributed by atoms with Crippen LogP contribution in [-0.2, 0) is 6.18 Å². The van der Waals surface area contributed by atoms with Gasteiger partial charge in [-0.15, -0.1) is 0 Å². The minimum Gasteiger partial charge on any atom is -0.352 e. The van der Waals surface area contributed by atoms with Crippen LogP contribution in [0.3, 0.4) is 0 Å². The highest BCUT2D eigenvalue weighted by atomic mass is 19.4. The Morgan fingerprint density at radius 1 is 1.00 bits per heavy atom. The summed E-state index contributed by atoms with van der Waals surface area (Å²) in [5.74, 6) is -0.149. The molecule has 25 heavy (non-hydrogen) atoms. The summed E-state index contributed by atoms with van der Waals surface area (Å²) in [6, 6.07) is 16.0. The third-order valence-electron chi connectivity index (χ3n) is 4.00. The van der Waals surface area contributed by atoms with Gasteiger partial charge in [-0.2, -0.15) is 13.2 Å². The minimum absolute atomic E-state index is 0.149. The highest BCUT2D eigenvalue weighted by molar-refractivity contribution is 6.02. The van der Waals surface area contributed by atoms with Crippen LogP contribution >= 0.6 is 0 Å². The predicted octanol–water partition coefficient (Wildman–Crippen LogP) is 5.28. The summed E-state index contributed by atoms with van der Waals surface area (Å²) in [4.78, 5) is 12.0. The summed E-state index contributed by atoms with van der Waals surface area (Å²) in [5, 5.41) is 4.49. The quantitative estimate of drug-likeness (QED) is 0.689. The third kappa shape index (κ3) is 3.50. The fraction of sp³-hybridized carbons (Fsp3) is 0.150. The van der Waals surface area contributed by atoms with E-state index in [2.05, 4.69) is 5.32 Å². The van der Waals surface area contributed by atoms with Gasteiger partial charge in [-0.25, -0.2) is 0 Å². The molecule has 2 nitrogen and oxygen atoms in total. The number of hydrogen-bond acceptors (Lipinski definition) is 1. The average molecular weight is 343 g/mol. The van der Waals surface area contributed by atoms with Crippen molar-refractivity contribution in [1.29, 1.82) is 0 Å². The molecule has 3 aromatic carbocycles. The number of rotatable bonds is 3. The van der Waals surface area contributed by atoms with Gasteiger partial charge in [0.15, 0.2) is 0 Å². The van der Waals surface area contributed by atoms with Gasteiger partial charge in [0.2, 0.25) is 0 Å². The molecule has 1 amide bonds. The average Bonchev–Trinajstić information content (AvgIpc) is 2.60. The van der Waals surface area contributed by atoms with Gasteiger partial charge in [0.25, 0.3) is 5.91 Å². The molecule has 0 bridgehead atoms. The lowest BCUT2D eigenvalue weighted by molar-refractivity contribution is -0.137. The van der Waals surface area contributed by atoms with Crippen LogP contribution in [0.1, 0.15) is 22.8 Å². The molecule has 0 radical (unpaired) electrons. The van der Waals surface area contributed by atoms with Gasteiger partial charge < -0.3 is 5.32 Å². The molecule has 0 aromatic heterocycles. The molecule has 0 unspecified atom stereocenters. The molecule has 1 N–H and O–H groups in total. The molecule has 0 heterocycles. The van der Waals surface area contributed by atoms with Crippen LogP contribution in [-0.4, -0.2) is 12.5 Å². The van der Waals surface area contributed by atoms with Crippen LogP contribution in [0.25, 0.3) is 21.9 Å². The molecule has 0 aliphatic heterocycles. The molecule has 0 saturated heterocycles. The van der Waals surface area contributed by atoms with Crippen molar-refractivity contribution < 1.29 is 18.0 Å². The number of nitrogens with one attached hydrogen (secondary N) is 1. The van der Waals surface area contributed by atoms with Crippen molar-refractivity contribution in [3.8, 4) is 11.1 Å². The topological polar surface area (TPSA) is 29.1 Å². The molecule has 0 aliphatic rings. The van der Waals surface area contributed by atoms with E-state index < -0.39 is 11.7 Å². The fourth-order valence-electron chi connectivity index (χ4n) is 2.78. The van der Waals surface area contributed by atoms with Gasteiger partial charge in [-0.05, 0) is 53.1 Å². The van der Waals surface area contributed by atoms with Crippen LogP contribution < -0.4 is 5.32 Å². The first-order valence-corrected chi connectivity index (χ1v) is 7.89. The Morgan fingerprint density at radius 2 is 1.72 bits per heavy atom. The van der Waals surface area contributed by atoms with E-state index in [-0.39, 0.29) is 5.91 Å². The van der Waals surface area contributed by atoms with Crippen molar-refractivity contribution in [2.24, 2.45) is 0 Å². The fourth-order valence-corrected chi connectivity index (χ4v) is 2.78. The summed E-state index contributed by atoms with van der Waals surface area (Å²) in [5.41, 5.74) is 1.41. The number of benzene rings is 3. The van der Waals surface area contributed by atoms with E-state index >= 15 is 0 Å². The lowest BCUT2D eigenvalue weighted by Gasteiger charge is -2.11. The molecule has 3 aromatic rings.